The standard InChI is InChI=1S/C14H18N4O/c1-19-12-6-3-2-5-11(12)9-10-16-13-7-4-8-14(17-13)18-15/h2-8H,9-10,15H2,1H3,(H2,16,17,18). The molecule has 0 aliphatic carbocycles. The Morgan fingerprint density at radius 2 is 1.89 bits per heavy atom. The summed E-state index contributed by atoms with van der Waals surface area (Å²) in [5.41, 5.74) is 3.69. The van der Waals surface area contributed by atoms with E-state index in [4.69, 9.17) is 10.6 Å². The second-order valence-electron chi connectivity index (χ2n) is 4.04. The molecule has 1 heterocycles. The highest BCUT2D eigenvalue weighted by molar-refractivity contribution is 5.44. The average molecular weight is 258 g/mol. The second-order valence-corrected chi connectivity index (χ2v) is 4.04. The number of ether oxygens (including phenoxy) is 1. The lowest BCUT2D eigenvalue weighted by molar-refractivity contribution is 0.410. The fraction of sp³-hybridized carbons (Fsp3) is 0.214. The van der Waals surface area contributed by atoms with Crippen LogP contribution in [-0.2, 0) is 6.42 Å². The van der Waals surface area contributed by atoms with Crippen LogP contribution < -0.4 is 21.3 Å². The van der Waals surface area contributed by atoms with Crippen LogP contribution in [0.15, 0.2) is 42.5 Å². The Labute approximate surface area is 112 Å². The smallest absolute Gasteiger partial charge is 0.142 e. The average Bonchev–Trinajstić information content (AvgIpc) is 2.48. The van der Waals surface area contributed by atoms with E-state index >= 15 is 0 Å². The predicted molar refractivity (Wildman–Crippen MR) is 77.2 cm³/mol. The molecule has 0 radical (unpaired) electrons. The number of nitrogens with zero attached hydrogens (tertiary/aromatic N) is 1. The Hall–Kier alpha value is -2.27. The lowest BCUT2D eigenvalue weighted by Gasteiger charge is -2.10. The Morgan fingerprint density at radius 3 is 2.68 bits per heavy atom. The molecule has 2 aromatic rings. The Balaban J connectivity index is 1.92. The van der Waals surface area contributed by atoms with E-state index in [-0.39, 0.29) is 0 Å². The molecule has 0 spiro atoms. The fourth-order valence-electron chi connectivity index (χ4n) is 1.85. The van der Waals surface area contributed by atoms with Crippen molar-refractivity contribution in [1.82, 2.24) is 4.98 Å². The molecular formula is C14H18N4O. The van der Waals surface area contributed by atoms with Crippen LogP contribution in [0.5, 0.6) is 5.75 Å². The van der Waals surface area contributed by atoms with Crippen molar-refractivity contribution in [2.75, 3.05) is 24.4 Å². The van der Waals surface area contributed by atoms with Crippen LogP contribution in [-0.4, -0.2) is 18.6 Å². The van der Waals surface area contributed by atoms with Gasteiger partial charge in [-0.2, -0.15) is 0 Å². The van der Waals surface area contributed by atoms with Crippen molar-refractivity contribution in [1.29, 1.82) is 0 Å². The lowest BCUT2D eigenvalue weighted by atomic mass is 10.1. The van der Waals surface area contributed by atoms with Crippen LogP contribution in [0.2, 0.25) is 0 Å². The molecule has 0 aliphatic heterocycles. The molecule has 0 amide bonds. The van der Waals surface area contributed by atoms with Gasteiger partial charge < -0.3 is 15.5 Å². The number of hydrogen-bond acceptors (Lipinski definition) is 5. The molecule has 5 heteroatoms. The van der Waals surface area contributed by atoms with E-state index in [0.717, 1.165) is 24.5 Å². The van der Waals surface area contributed by atoms with Crippen LogP contribution in [0.1, 0.15) is 5.56 Å². The van der Waals surface area contributed by atoms with Gasteiger partial charge in [0, 0.05) is 6.54 Å². The maximum atomic E-state index is 5.32. The van der Waals surface area contributed by atoms with E-state index in [1.165, 1.54) is 5.56 Å². The van der Waals surface area contributed by atoms with Crippen LogP contribution in [0, 0.1) is 0 Å². The molecule has 0 unspecified atom stereocenters. The zero-order valence-electron chi connectivity index (χ0n) is 10.9. The van der Waals surface area contributed by atoms with Gasteiger partial charge in [-0.15, -0.1) is 0 Å². The summed E-state index contributed by atoms with van der Waals surface area (Å²) in [4.78, 5) is 4.29. The molecule has 0 aliphatic rings. The number of anilines is 2. The summed E-state index contributed by atoms with van der Waals surface area (Å²) in [5, 5.41) is 3.26. The topological polar surface area (TPSA) is 72.2 Å². The molecule has 0 atom stereocenters. The van der Waals surface area contributed by atoms with Crippen molar-refractivity contribution in [2.24, 2.45) is 5.84 Å². The first-order valence-electron chi connectivity index (χ1n) is 6.13. The van der Waals surface area contributed by atoms with Crippen molar-refractivity contribution < 1.29 is 4.74 Å². The van der Waals surface area contributed by atoms with Crippen LogP contribution >= 0.6 is 0 Å². The van der Waals surface area contributed by atoms with Gasteiger partial charge in [0.1, 0.15) is 17.4 Å². The molecule has 19 heavy (non-hydrogen) atoms. The molecule has 100 valence electrons. The molecule has 0 saturated carbocycles. The molecule has 0 bridgehead atoms. The lowest BCUT2D eigenvalue weighted by Crippen LogP contribution is -2.11. The maximum Gasteiger partial charge on any atom is 0.142 e. The number of pyridine rings is 1. The van der Waals surface area contributed by atoms with Gasteiger partial charge >= 0.3 is 0 Å². The molecular weight excluding hydrogens is 240 g/mol. The quantitative estimate of drug-likeness (QED) is 0.546. The van der Waals surface area contributed by atoms with E-state index in [0.29, 0.717) is 5.82 Å². The first kappa shape index (κ1) is 13.2. The van der Waals surface area contributed by atoms with Gasteiger partial charge in [-0.1, -0.05) is 24.3 Å². The number of nitrogens with two attached hydrogens (primary N) is 1. The van der Waals surface area contributed by atoms with Crippen LogP contribution in [0.3, 0.4) is 0 Å². The Morgan fingerprint density at radius 1 is 1.11 bits per heavy atom. The van der Waals surface area contributed by atoms with E-state index in [1.807, 2.05) is 36.4 Å². The summed E-state index contributed by atoms with van der Waals surface area (Å²) in [6.45, 7) is 0.779. The van der Waals surface area contributed by atoms with Gasteiger partial charge in [0.05, 0.1) is 7.11 Å². The van der Waals surface area contributed by atoms with Crippen LogP contribution in [0.25, 0.3) is 0 Å². The van der Waals surface area contributed by atoms with Crippen molar-refractivity contribution in [3.8, 4) is 5.75 Å². The highest BCUT2D eigenvalue weighted by atomic mass is 16.5. The number of nitrogens with one attached hydrogen (secondary N) is 2. The molecule has 0 saturated heterocycles. The zero-order valence-corrected chi connectivity index (χ0v) is 10.9. The van der Waals surface area contributed by atoms with Crippen molar-refractivity contribution in [2.45, 2.75) is 6.42 Å². The second kappa shape index (κ2) is 6.61. The Kier molecular flexibility index (Phi) is 4.58. The minimum Gasteiger partial charge on any atom is -0.496 e. The van der Waals surface area contributed by atoms with E-state index in [1.54, 1.807) is 7.11 Å². The molecule has 1 aromatic heterocycles. The van der Waals surface area contributed by atoms with E-state index in [9.17, 15) is 0 Å². The third-order valence-corrected chi connectivity index (χ3v) is 2.79. The molecule has 4 N–H and O–H groups in total. The normalized spacial score (nSPS) is 10.0. The number of rotatable bonds is 6. The first-order chi connectivity index (χ1) is 9.33. The SMILES string of the molecule is COc1ccccc1CCNc1cccc(NN)n1. The summed E-state index contributed by atoms with van der Waals surface area (Å²) < 4.78 is 5.31. The minimum absolute atomic E-state index is 0.641. The van der Waals surface area contributed by atoms with Gasteiger partial charge in [0.2, 0.25) is 0 Å². The summed E-state index contributed by atoms with van der Waals surface area (Å²) in [6.07, 6.45) is 0.867. The number of benzene rings is 1. The highest BCUT2D eigenvalue weighted by Crippen LogP contribution is 2.17. The Bertz CT molecular complexity index is 530. The third-order valence-electron chi connectivity index (χ3n) is 2.79. The summed E-state index contributed by atoms with van der Waals surface area (Å²) in [5.74, 6) is 7.67. The van der Waals surface area contributed by atoms with Crippen LogP contribution in [0.4, 0.5) is 11.6 Å². The zero-order chi connectivity index (χ0) is 13.5. The van der Waals surface area contributed by atoms with E-state index < -0.39 is 0 Å². The summed E-state index contributed by atoms with van der Waals surface area (Å²) in [6, 6.07) is 13.6. The minimum atomic E-state index is 0.641. The van der Waals surface area contributed by atoms with Gasteiger partial charge in [0.15, 0.2) is 0 Å². The van der Waals surface area contributed by atoms with Crippen molar-refractivity contribution in [3.63, 3.8) is 0 Å². The van der Waals surface area contributed by atoms with Crippen molar-refractivity contribution in [3.05, 3.63) is 48.0 Å². The fourth-order valence-corrected chi connectivity index (χ4v) is 1.85. The maximum absolute atomic E-state index is 5.32. The predicted octanol–water partition coefficient (Wildman–Crippen LogP) is 2.03. The number of hydrazine groups is 1. The number of para-hydroxylation sites is 1. The number of nitrogen functional groups attached to an aromatic ring is 1. The largest absolute Gasteiger partial charge is 0.496 e. The van der Waals surface area contributed by atoms with Gasteiger partial charge in [-0.25, -0.2) is 10.8 Å². The number of aromatic nitrogens is 1. The third kappa shape index (κ3) is 3.59. The molecule has 2 rings (SSSR count). The molecule has 0 fully saturated rings. The number of methoxy groups -OCH3 is 1. The van der Waals surface area contributed by atoms with Gasteiger partial charge in [-0.3, -0.25) is 0 Å². The molecule has 5 nitrogen and oxygen atoms in total. The monoisotopic (exact) mass is 258 g/mol. The van der Waals surface area contributed by atoms with Crippen molar-refractivity contribution >= 4 is 11.6 Å². The van der Waals surface area contributed by atoms with E-state index in [2.05, 4.69) is 21.8 Å². The highest BCUT2D eigenvalue weighted by Gasteiger charge is 2.01. The number of hydrogen-bond donors (Lipinski definition) is 3. The summed E-state index contributed by atoms with van der Waals surface area (Å²) >= 11 is 0. The first-order valence-corrected chi connectivity index (χ1v) is 6.13. The molecule has 1 aromatic carbocycles. The van der Waals surface area contributed by atoms with Gasteiger partial charge in [-0.05, 0) is 30.2 Å². The van der Waals surface area contributed by atoms with Gasteiger partial charge in [0.25, 0.3) is 0 Å². The summed E-state index contributed by atoms with van der Waals surface area (Å²) in [7, 11) is 1.68.